The molecule has 1 saturated heterocycles. The third-order valence-corrected chi connectivity index (χ3v) is 4.00. The number of hydrogen-bond donors (Lipinski definition) is 1. The van der Waals surface area contributed by atoms with Gasteiger partial charge in [-0.15, -0.1) is 0 Å². The van der Waals surface area contributed by atoms with Gasteiger partial charge in [-0.3, -0.25) is 4.79 Å². The first-order valence-corrected chi connectivity index (χ1v) is 7.28. The Labute approximate surface area is 109 Å². The van der Waals surface area contributed by atoms with E-state index in [1.807, 2.05) is 13.8 Å². The van der Waals surface area contributed by atoms with Gasteiger partial charge in [0, 0.05) is 6.61 Å². The van der Waals surface area contributed by atoms with Gasteiger partial charge in [0.1, 0.15) is 0 Å². The van der Waals surface area contributed by atoms with Crippen molar-refractivity contribution in [3.05, 3.63) is 0 Å². The van der Waals surface area contributed by atoms with E-state index in [0.717, 1.165) is 12.3 Å². The molecule has 4 heteroatoms. The van der Waals surface area contributed by atoms with Gasteiger partial charge in [0.05, 0.1) is 6.04 Å². The summed E-state index contributed by atoms with van der Waals surface area (Å²) in [6, 6.07) is 0.198. The van der Waals surface area contributed by atoms with Crippen molar-refractivity contribution in [3.63, 3.8) is 0 Å². The monoisotopic (exact) mass is 255 g/mol. The fourth-order valence-electron chi connectivity index (χ4n) is 3.03. The van der Waals surface area contributed by atoms with Crippen molar-refractivity contribution in [2.45, 2.75) is 70.8 Å². The van der Waals surface area contributed by atoms with E-state index in [2.05, 4.69) is 5.32 Å². The number of carbonyl (C=O) groups is 1. The quantitative estimate of drug-likeness (QED) is 0.585. The third-order valence-electron chi connectivity index (χ3n) is 4.00. The van der Waals surface area contributed by atoms with Gasteiger partial charge in [0.15, 0.2) is 12.4 Å². The molecule has 2 aliphatic rings. The topological polar surface area (TPSA) is 47.6 Å². The summed E-state index contributed by atoms with van der Waals surface area (Å²) in [5, 5.41) is 2.97. The zero-order valence-corrected chi connectivity index (χ0v) is 11.5. The molecule has 1 N–H and O–H groups in total. The van der Waals surface area contributed by atoms with E-state index >= 15 is 0 Å². The van der Waals surface area contributed by atoms with Crippen molar-refractivity contribution in [2.24, 2.45) is 5.92 Å². The number of nitrogens with one attached hydrogen (secondary N) is 1. The van der Waals surface area contributed by atoms with Gasteiger partial charge in [0.2, 0.25) is 0 Å². The molecule has 0 aromatic carbocycles. The van der Waals surface area contributed by atoms with E-state index in [4.69, 9.17) is 9.47 Å². The molecule has 2 fully saturated rings. The molecule has 1 heterocycles. The van der Waals surface area contributed by atoms with Crippen LogP contribution in [0.3, 0.4) is 0 Å². The van der Waals surface area contributed by atoms with Crippen LogP contribution >= 0.6 is 0 Å². The zero-order valence-electron chi connectivity index (χ0n) is 11.5. The molecule has 1 aliphatic carbocycles. The Morgan fingerprint density at radius 1 is 1.33 bits per heavy atom. The molecule has 1 aliphatic heterocycles. The first-order chi connectivity index (χ1) is 8.70. The maximum absolute atomic E-state index is 11.5. The highest BCUT2D eigenvalue weighted by Gasteiger charge is 2.42. The van der Waals surface area contributed by atoms with Gasteiger partial charge < -0.3 is 14.8 Å². The maximum Gasteiger partial charge on any atom is 0.251 e. The highest BCUT2D eigenvalue weighted by atomic mass is 16.7. The average molecular weight is 255 g/mol. The first kappa shape index (κ1) is 13.8. The van der Waals surface area contributed by atoms with Crippen LogP contribution in [0.5, 0.6) is 0 Å². The van der Waals surface area contributed by atoms with Gasteiger partial charge in [0.25, 0.3) is 5.91 Å². The summed E-state index contributed by atoms with van der Waals surface area (Å²) < 4.78 is 11.0. The minimum atomic E-state index is -0.298. The summed E-state index contributed by atoms with van der Waals surface area (Å²) in [4.78, 5) is 11.5. The summed E-state index contributed by atoms with van der Waals surface area (Å²) in [5.74, 6) is 0.778. The molecule has 4 nitrogen and oxygen atoms in total. The highest BCUT2D eigenvalue weighted by Crippen LogP contribution is 2.30. The summed E-state index contributed by atoms with van der Waals surface area (Å²) in [6.07, 6.45) is 7.14. The summed E-state index contributed by atoms with van der Waals surface area (Å²) in [5.41, 5.74) is 0. The Morgan fingerprint density at radius 2 is 2.06 bits per heavy atom. The molecular formula is C14H25NO3. The van der Waals surface area contributed by atoms with Crippen LogP contribution in [0, 0.1) is 5.92 Å². The van der Waals surface area contributed by atoms with Crippen LogP contribution in [0.25, 0.3) is 0 Å². The van der Waals surface area contributed by atoms with Crippen molar-refractivity contribution >= 4 is 5.91 Å². The molecule has 1 saturated carbocycles. The maximum atomic E-state index is 11.5. The van der Waals surface area contributed by atoms with Crippen molar-refractivity contribution < 1.29 is 14.3 Å². The van der Waals surface area contributed by atoms with Gasteiger partial charge in [-0.2, -0.15) is 0 Å². The van der Waals surface area contributed by atoms with E-state index in [1.54, 1.807) is 0 Å². The van der Waals surface area contributed by atoms with E-state index in [-0.39, 0.29) is 24.3 Å². The lowest BCUT2D eigenvalue weighted by molar-refractivity contribution is -0.192. The number of rotatable bonds is 6. The van der Waals surface area contributed by atoms with Crippen molar-refractivity contribution in [3.8, 4) is 0 Å². The smallest absolute Gasteiger partial charge is 0.251 e. The molecule has 3 atom stereocenters. The molecule has 1 amide bonds. The standard InChI is InChI=1S/C14H25NO3/c1-3-17-10(2)18-13-12(15-14(13)16)9-11-7-5-4-6-8-11/h10-13H,3-9H2,1-2H3,(H,15,16). The Kier molecular flexibility index (Phi) is 5.01. The second-order valence-electron chi connectivity index (χ2n) is 5.43. The molecule has 104 valence electrons. The van der Waals surface area contributed by atoms with Gasteiger partial charge in [-0.25, -0.2) is 0 Å². The lowest BCUT2D eigenvalue weighted by Gasteiger charge is -2.40. The van der Waals surface area contributed by atoms with Crippen LogP contribution < -0.4 is 5.32 Å². The Balaban J connectivity index is 1.76. The highest BCUT2D eigenvalue weighted by molar-refractivity contribution is 5.88. The van der Waals surface area contributed by atoms with Crippen molar-refractivity contribution in [2.75, 3.05) is 6.61 Å². The Hall–Kier alpha value is -0.610. The second kappa shape index (κ2) is 6.53. The number of β-lactam (4-membered cyclic amide) rings is 1. The molecule has 0 bridgehead atoms. The average Bonchev–Trinajstić information content (AvgIpc) is 2.37. The lowest BCUT2D eigenvalue weighted by atomic mass is 9.81. The molecule has 0 radical (unpaired) electrons. The molecule has 0 aromatic heterocycles. The van der Waals surface area contributed by atoms with Crippen LogP contribution in [0.2, 0.25) is 0 Å². The van der Waals surface area contributed by atoms with E-state index in [9.17, 15) is 4.79 Å². The fraction of sp³-hybridized carbons (Fsp3) is 0.929. The summed E-state index contributed by atoms with van der Waals surface area (Å²) in [7, 11) is 0. The lowest BCUT2D eigenvalue weighted by Crippen LogP contribution is -2.64. The SMILES string of the molecule is CCOC(C)OC1C(=O)NC1CC1CCCCC1. The largest absolute Gasteiger partial charge is 0.353 e. The predicted octanol–water partition coefficient (Wildman–Crippen LogP) is 2.22. The Morgan fingerprint density at radius 3 is 2.67 bits per heavy atom. The number of carbonyl (C=O) groups excluding carboxylic acids is 1. The Bertz CT molecular complexity index is 276. The van der Waals surface area contributed by atoms with Crippen LogP contribution in [-0.2, 0) is 14.3 Å². The third kappa shape index (κ3) is 3.45. The molecule has 0 spiro atoms. The van der Waals surface area contributed by atoms with Crippen LogP contribution in [-0.4, -0.2) is 30.9 Å². The number of amides is 1. The first-order valence-electron chi connectivity index (χ1n) is 7.28. The zero-order chi connectivity index (χ0) is 13.0. The van der Waals surface area contributed by atoms with Crippen LogP contribution in [0.15, 0.2) is 0 Å². The predicted molar refractivity (Wildman–Crippen MR) is 69.1 cm³/mol. The van der Waals surface area contributed by atoms with E-state index < -0.39 is 0 Å². The minimum Gasteiger partial charge on any atom is -0.353 e. The van der Waals surface area contributed by atoms with Crippen LogP contribution in [0.1, 0.15) is 52.4 Å². The van der Waals surface area contributed by atoms with Gasteiger partial charge >= 0.3 is 0 Å². The fourth-order valence-corrected chi connectivity index (χ4v) is 3.03. The second-order valence-corrected chi connectivity index (χ2v) is 5.43. The van der Waals surface area contributed by atoms with E-state index in [0.29, 0.717) is 6.61 Å². The van der Waals surface area contributed by atoms with Crippen molar-refractivity contribution in [1.82, 2.24) is 5.32 Å². The molecule has 0 aromatic rings. The van der Waals surface area contributed by atoms with Crippen LogP contribution in [0.4, 0.5) is 0 Å². The molecule has 3 unspecified atom stereocenters. The van der Waals surface area contributed by atoms with E-state index in [1.165, 1.54) is 32.1 Å². The molecular weight excluding hydrogens is 230 g/mol. The van der Waals surface area contributed by atoms with Gasteiger partial charge in [-0.05, 0) is 26.2 Å². The molecule has 2 rings (SSSR count). The molecule has 18 heavy (non-hydrogen) atoms. The normalized spacial score (nSPS) is 30.7. The minimum absolute atomic E-state index is 0.0161. The summed E-state index contributed by atoms with van der Waals surface area (Å²) >= 11 is 0. The number of ether oxygens (including phenoxy) is 2. The number of hydrogen-bond acceptors (Lipinski definition) is 3. The van der Waals surface area contributed by atoms with Crippen molar-refractivity contribution in [1.29, 1.82) is 0 Å². The summed E-state index contributed by atoms with van der Waals surface area (Å²) in [6.45, 7) is 4.40. The van der Waals surface area contributed by atoms with Gasteiger partial charge in [-0.1, -0.05) is 32.1 Å².